The molecule has 0 radical (unpaired) electrons. The van der Waals surface area contributed by atoms with Gasteiger partial charge in [-0.05, 0) is 32.4 Å². The van der Waals surface area contributed by atoms with Crippen molar-refractivity contribution in [1.29, 1.82) is 0 Å². The van der Waals surface area contributed by atoms with Gasteiger partial charge in [0.15, 0.2) is 5.84 Å². The molecular weight excluding hydrogens is 232 g/mol. The molecule has 6 nitrogen and oxygen atoms in total. The molecule has 0 bridgehead atoms. The van der Waals surface area contributed by atoms with Crippen LogP contribution < -0.4 is 11.1 Å². The minimum absolute atomic E-state index is 0.0361. The van der Waals surface area contributed by atoms with Crippen molar-refractivity contribution < 1.29 is 10.0 Å². The molecule has 0 aliphatic carbocycles. The van der Waals surface area contributed by atoms with E-state index in [9.17, 15) is 4.79 Å². The average Bonchev–Trinajstić information content (AvgIpc) is 2.37. The number of amides is 1. The largest absolute Gasteiger partial charge is 0.409 e. The lowest BCUT2D eigenvalue weighted by atomic mass is 9.97. The third-order valence-electron chi connectivity index (χ3n) is 2.89. The maximum Gasteiger partial charge on any atom is 0.270 e. The Balaban J connectivity index is 2.93. The second-order valence-corrected chi connectivity index (χ2v) is 4.29. The summed E-state index contributed by atoms with van der Waals surface area (Å²) < 4.78 is 0. The van der Waals surface area contributed by atoms with Crippen LogP contribution in [0.15, 0.2) is 23.4 Å². The molecular formula is C12H18N4O2. The minimum atomic E-state index is -0.892. The summed E-state index contributed by atoms with van der Waals surface area (Å²) >= 11 is 0. The Kier molecular flexibility index (Phi) is 4.25. The predicted molar refractivity (Wildman–Crippen MR) is 68.5 cm³/mol. The van der Waals surface area contributed by atoms with Crippen molar-refractivity contribution in [2.75, 3.05) is 0 Å². The molecule has 1 aromatic heterocycles. The summed E-state index contributed by atoms with van der Waals surface area (Å²) in [6.07, 6.45) is 0.500. The lowest BCUT2D eigenvalue weighted by Crippen LogP contribution is -2.55. The molecule has 0 aromatic carbocycles. The van der Waals surface area contributed by atoms with Crippen molar-refractivity contribution in [2.24, 2.45) is 10.9 Å². The van der Waals surface area contributed by atoms with Crippen LogP contribution in [-0.4, -0.2) is 27.5 Å². The number of carbonyl (C=O) groups excluding carboxylic acids is 1. The number of aromatic nitrogens is 1. The van der Waals surface area contributed by atoms with Crippen molar-refractivity contribution in [3.8, 4) is 0 Å². The quantitative estimate of drug-likeness (QED) is 0.321. The summed E-state index contributed by atoms with van der Waals surface area (Å²) in [6, 6.07) is 5.17. The van der Waals surface area contributed by atoms with Crippen molar-refractivity contribution in [2.45, 2.75) is 32.7 Å². The number of nitrogens with one attached hydrogen (secondary N) is 1. The van der Waals surface area contributed by atoms with Gasteiger partial charge in [0.1, 0.15) is 5.69 Å². The van der Waals surface area contributed by atoms with E-state index in [1.165, 1.54) is 0 Å². The van der Waals surface area contributed by atoms with Gasteiger partial charge in [0.25, 0.3) is 5.91 Å². The SMILES string of the molecule is CCC(C)(NC(=O)c1cccc(C)n1)/C(N)=N/O. The van der Waals surface area contributed by atoms with Crippen LogP contribution in [0.25, 0.3) is 0 Å². The fourth-order valence-electron chi connectivity index (χ4n) is 1.43. The number of carbonyl (C=O) groups is 1. The molecule has 1 heterocycles. The van der Waals surface area contributed by atoms with Gasteiger partial charge in [-0.2, -0.15) is 0 Å². The maximum atomic E-state index is 12.0. The first-order chi connectivity index (χ1) is 8.42. The molecule has 0 fully saturated rings. The van der Waals surface area contributed by atoms with E-state index in [0.717, 1.165) is 5.69 Å². The van der Waals surface area contributed by atoms with Crippen LogP contribution in [0.4, 0.5) is 0 Å². The van der Waals surface area contributed by atoms with Crippen molar-refractivity contribution >= 4 is 11.7 Å². The molecule has 6 heteroatoms. The average molecular weight is 250 g/mol. The fourth-order valence-corrected chi connectivity index (χ4v) is 1.43. The van der Waals surface area contributed by atoms with Gasteiger partial charge in [-0.1, -0.05) is 18.1 Å². The van der Waals surface area contributed by atoms with Crippen LogP contribution in [0, 0.1) is 6.92 Å². The summed E-state index contributed by atoms with van der Waals surface area (Å²) in [7, 11) is 0. The second-order valence-electron chi connectivity index (χ2n) is 4.29. The molecule has 0 saturated heterocycles. The van der Waals surface area contributed by atoms with Crippen molar-refractivity contribution in [3.05, 3.63) is 29.6 Å². The number of nitrogens with two attached hydrogens (primary N) is 1. The van der Waals surface area contributed by atoms with Crippen LogP contribution in [0.1, 0.15) is 36.5 Å². The van der Waals surface area contributed by atoms with Crippen LogP contribution in [0.3, 0.4) is 0 Å². The van der Waals surface area contributed by atoms with Gasteiger partial charge in [-0.3, -0.25) is 4.79 Å². The Labute approximate surface area is 106 Å². The zero-order valence-corrected chi connectivity index (χ0v) is 10.8. The molecule has 1 aromatic rings. The Morgan fingerprint density at radius 3 is 2.78 bits per heavy atom. The third-order valence-corrected chi connectivity index (χ3v) is 2.89. The van der Waals surface area contributed by atoms with E-state index in [1.807, 2.05) is 6.92 Å². The molecule has 0 saturated carbocycles. The topological polar surface area (TPSA) is 101 Å². The standard InChI is InChI=1S/C12H18N4O2/c1-4-12(3,11(13)16-18)15-10(17)9-7-5-6-8(2)14-9/h5-7,18H,4H2,1-3H3,(H2,13,16)(H,15,17). The van der Waals surface area contributed by atoms with Gasteiger partial charge < -0.3 is 16.3 Å². The van der Waals surface area contributed by atoms with Gasteiger partial charge in [0, 0.05) is 5.69 Å². The monoisotopic (exact) mass is 250 g/mol. The van der Waals surface area contributed by atoms with E-state index >= 15 is 0 Å². The first kappa shape index (κ1) is 14.0. The first-order valence-electron chi connectivity index (χ1n) is 5.67. The molecule has 1 rings (SSSR count). The van der Waals surface area contributed by atoms with E-state index in [-0.39, 0.29) is 11.7 Å². The number of nitrogens with zero attached hydrogens (tertiary/aromatic N) is 2. The van der Waals surface area contributed by atoms with Crippen LogP contribution >= 0.6 is 0 Å². The van der Waals surface area contributed by atoms with Gasteiger partial charge in [-0.15, -0.1) is 0 Å². The highest BCUT2D eigenvalue weighted by Gasteiger charge is 2.30. The summed E-state index contributed by atoms with van der Waals surface area (Å²) in [6.45, 7) is 5.33. The molecule has 1 amide bonds. The zero-order chi connectivity index (χ0) is 13.8. The van der Waals surface area contributed by atoms with Gasteiger partial charge in [0.05, 0.1) is 5.54 Å². The van der Waals surface area contributed by atoms with E-state index in [2.05, 4.69) is 15.5 Å². The van der Waals surface area contributed by atoms with E-state index in [1.54, 1.807) is 32.0 Å². The highest BCUT2D eigenvalue weighted by Crippen LogP contribution is 2.10. The molecule has 0 spiro atoms. The molecule has 4 N–H and O–H groups in total. The minimum Gasteiger partial charge on any atom is -0.409 e. The Morgan fingerprint density at radius 1 is 1.61 bits per heavy atom. The van der Waals surface area contributed by atoms with Crippen LogP contribution in [0.2, 0.25) is 0 Å². The number of hydrogen-bond acceptors (Lipinski definition) is 4. The molecule has 18 heavy (non-hydrogen) atoms. The number of oxime groups is 1. The molecule has 0 aliphatic rings. The van der Waals surface area contributed by atoms with Gasteiger partial charge >= 0.3 is 0 Å². The molecule has 1 atom stereocenters. The normalized spacial score (nSPS) is 14.9. The summed E-state index contributed by atoms with van der Waals surface area (Å²) in [4.78, 5) is 16.1. The van der Waals surface area contributed by atoms with Crippen LogP contribution in [-0.2, 0) is 0 Å². The number of pyridine rings is 1. The van der Waals surface area contributed by atoms with Crippen molar-refractivity contribution in [3.63, 3.8) is 0 Å². The molecule has 1 unspecified atom stereocenters. The smallest absolute Gasteiger partial charge is 0.270 e. The Hall–Kier alpha value is -2.11. The fraction of sp³-hybridized carbons (Fsp3) is 0.417. The Bertz CT molecular complexity index is 473. The molecule has 98 valence electrons. The number of amidine groups is 1. The maximum absolute atomic E-state index is 12.0. The van der Waals surface area contributed by atoms with E-state index in [0.29, 0.717) is 12.1 Å². The highest BCUT2D eigenvalue weighted by molar-refractivity contribution is 5.98. The highest BCUT2D eigenvalue weighted by atomic mass is 16.4. The van der Waals surface area contributed by atoms with E-state index < -0.39 is 5.54 Å². The lowest BCUT2D eigenvalue weighted by molar-refractivity contribution is 0.0919. The zero-order valence-electron chi connectivity index (χ0n) is 10.8. The lowest BCUT2D eigenvalue weighted by Gasteiger charge is -2.27. The summed E-state index contributed by atoms with van der Waals surface area (Å²) in [5.74, 6) is -0.388. The van der Waals surface area contributed by atoms with Crippen LogP contribution in [0.5, 0.6) is 0 Å². The first-order valence-corrected chi connectivity index (χ1v) is 5.67. The number of rotatable bonds is 4. The van der Waals surface area contributed by atoms with E-state index in [4.69, 9.17) is 10.9 Å². The second kappa shape index (κ2) is 5.48. The number of hydrogen-bond donors (Lipinski definition) is 3. The van der Waals surface area contributed by atoms with Crippen molar-refractivity contribution in [1.82, 2.24) is 10.3 Å². The Morgan fingerprint density at radius 2 is 2.28 bits per heavy atom. The van der Waals surface area contributed by atoms with Gasteiger partial charge in [-0.25, -0.2) is 4.98 Å². The third kappa shape index (κ3) is 2.97. The summed E-state index contributed by atoms with van der Waals surface area (Å²) in [5, 5.41) is 14.4. The predicted octanol–water partition coefficient (Wildman–Crippen LogP) is 1.03. The molecule has 0 aliphatic heterocycles. The van der Waals surface area contributed by atoms with Gasteiger partial charge in [0.2, 0.25) is 0 Å². The number of aryl methyl sites for hydroxylation is 1. The summed E-state index contributed by atoms with van der Waals surface area (Å²) in [5.41, 5.74) is 5.75.